The van der Waals surface area contributed by atoms with Gasteiger partial charge in [0.2, 0.25) is 5.91 Å². The van der Waals surface area contributed by atoms with Crippen molar-refractivity contribution >= 4 is 17.4 Å². The maximum absolute atomic E-state index is 12.7. The first-order valence-corrected chi connectivity index (χ1v) is 8.57. The molecule has 0 aliphatic rings. The van der Waals surface area contributed by atoms with Crippen molar-refractivity contribution < 1.29 is 4.79 Å². The molecule has 9 heteroatoms. The van der Waals surface area contributed by atoms with Crippen molar-refractivity contribution in [2.24, 2.45) is 7.05 Å². The molecule has 0 radical (unpaired) electrons. The molecule has 0 aliphatic heterocycles. The Morgan fingerprint density at radius 2 is 1.96 bits per heavy atom. The van der Waals surface area contributed by atoms with Crippen LogP contribution in [0.3, 0.4) is 0 Å². The molecule has 142 valence electrons. The van der Waals surface area contributed by atoms with Gasteiger partial charge in [-0.05, 0) is 20.3 Å². The minimum Gasteiger partial charge on any atom is -0.383 e. The van der Waals surface area contributed by atoms with Gasteiger partial charge in [0.05, 0.1) is 12.1 Å². The quantitative estimate of drug-likeness (QED) is 0.774. The van der Waals surface area contributed by atoms with Crippen LogP contribution in [0.2, 0.25) is 0 Å². The van der Waals surface area contributed by atoms with Crippen molar-refractivity contribution in [2.45, 2.75) is 46.6 Å². The fourth-order valence-corrected chi connectivity index (χ4v) is 2.91. The Morgan fingerprint density at radius 1 is 1.31 bits per heavy atom. The number of aryl methyl sites for hydroxylation is 2. The number of unbranched alkanes of at least 4 members (excludes halogenated alkanes) is 1. The molecule has 2 rings (SSSR count). The summed E-state index contributed by atoms with van der Waals surface area (Å²) in [5.41, 5.74) is 7.28. The van der Waals surface area contributed by atoms with E-state index in [-0.39, 0.29) is 23.8 Å². The zero-order chi connectivity index (χ0) is 19.6. The lowest BCUT2D eigenvalue weighted by Crippen LogP contribution is -2.39. The molecule has 0 saturated heterocycles. The van der Waals surface area contributed by atoms with Gasteiger partial charge in [0, 0.05) is 31.9 Å². The maximum Gasteiger partial charge on any atom is 0.330 e. The molecule has 2 aromatic rings. The van der Waals surface area contributed by atoms with Gasteiger partial charge in [-0.15, -0.1) is 0 Å². The van der Waals surface area contributed by atoms with E-state index in [9.17, 15) is 14.4 Å². The Kier molecular flexibility index (Phi) is 5.69. The largest absolute Gasteiger partial charge is 0.383 e. The highest BCUT2D eigenvalue weighted by Crippen LogP contribution is 2.19. The van der Waals surface area contributed by atoms with Crippen LogP contribution in [-0.4, -0.2) is 32.3 Å². The Hall–Kier alpha value is -2.84. The van der Waals surface area contributed by atoms with Crippen molar-refractivity contribution in [3.63, 3.8) is 0 Å². The average molecular weight is 362 g/mol. The fourth-order valence-electron chi connectivity index (χ4n) is 2.91. The molecule has 0 unspecified atom stereocenters. The monoisotopic (exact) mass is 362 g/mol. The molecular formula is C17H26N6O3. The van der Waals surface area contributed by atoms with Crippen LogP contribution in [0.25, 0.3) is 0 Å². The smallest absolute Gasteiger partial charge is 0.330 e. The summed E-state index contributed by atoms with van der Waals surface area (Å²) < 4.78 is 3.01. The molecule has 0 fully saturated rings. The second-order valence-corrected chi connectivity index (χ2v) is 6.40. The normalized spacial score (nSPS) is 11.0. The highest BCUT2D eigenvalue weighted by atomic mass is 16.2. The van der Waals surface area contributed by atoms with Gasteiger partial charge in [0.25, 0.3) is 5.56 Å². The first-order chi connectivity index (χ1) is 12.2. The van der Waals surface area contributed by atoms with Gasteiger partial charge in [0.1, 0.15) is 5.82 Å². The van der Waals surface area contributed by atoms with Gasteiger partial charge >= 0.3 is 5.69 Å². The molecule has 1 amide bonds. The van der Waals surface area contributed by atoms with Crippen LogP contribution >= 0.6 is 0 Å². The van der Waals surface area contributed by atoms with E-state index >= 15 is 0 Å². The van der Waals surface area contributed by atoms with Crippen molar-refractivity contribution in [1.82, 2.24) is 19.3 Å². The molecule has 2 heterocycles. The number of amides is 1. The maximum atomic E-state index is 12.7. The number of aromatic nitrogens is 4. The number of rotatable bonds is 6. The summed E-state index contributed by atoms with van der Waals surface area (Å²) >= 11 is 0. The molecular weight excluding hydrogens is 336 g/mol. The van der Waals surface area contributed by atoms with Crippen molar-refractivity contribution in [2.75, 3.05) is 17.7 Å². The predicted molar refractivity (Wildman–Crippen MR) is 100 cm³/mol. The van der Waals surface area contributed by atoms with Crippen molar-refractivity contribution in [3.8, 4) is 0 Å². The molecule has 26 heavy (non-hydrogen) atoms. The Balaban J connectivity index is 2.39. The van der Waals surface area contributed by atoms with E-state index in [1.807, 2.05) is 27.8 Å². The lowest BCUT2D eigenvalue weighted by molar-refractivity contribution is -0.117. The summed E-state index contributed by atoms with van der Waals surface area (Å²) in [5, 5.41) is 4.30. The molecule has 9 nitrogen and oxygen atoms in total. The Labute approximate surface area is 151 Å². The average Bonchev–Trinajstić information content (AvgIpc) is 2.80. The first kappa shape index (κ1) is 19.5. The number of nitrogens with zero attached hydrogens (tertiary/aromatic N) is 4. The van der Waals surface area contributed by atoms with E-state index in [0.717, 1.165) is 29.8 Å². The summed E-state index contributed by atoms with van der Waals surface area (Å²) in [7, 11) is 3.30. The zero-order valence-corrected chi connectivity index (χ0v) is 15.9. The molecule has 3 N–H and O–H groups in total. The SMILES string of the molecule is CCCCn1c(N)c(N(C)C(=O)Cc2c(C)nn(C)c2C)c(=O)[nH]c1=O. The number of anilines is 2. The summed E-state index contributed by atoms with van der Waals surface area (Å²) in [4.78, 5) is 40.5. The fraction of sp³-hybridized carbons (Fsp3) is 0.529. The van der Waals surface area contributed by atoms with Gasteiger partial charge in [-0.1, -0.05) is 13.3 Å². The number of H-pyrrole nitrogens is 1. The highest BCUT2D eigenvalue weighted by molar-refractivity contribution is 5.96. The Bertz CT molecular complexity index is 937. The number of hydrogen-bond donors (Lipinski definition) is 2. The summed E-state index contributed by atoms with van der Waals surface area (Å²) in [6.07, 6.45) is 1.70. The number of aromatic amines is 1. The van der Waals surface area contributed by atoms with Crippen LogP contribution in [0.5, 0.6) is 0 Å². The lowest BCUT2D eigenvalue weighted by atomic mass is 10.1. The van der Waals surface area contributed by atoms with Gasteiger partial charge < -0.3 is 10.6 Å². The first-order valence-electron chi connectivity index (χ1n) is 8.57. The standard InChI is InChI=1S/C17H26N6O3/c1-6-7-8-23-15(18)14(16(25)19-17(23)26)21(4)13(24)9-12-10(2)20-22(5)11(12)3/h6-9,18H2,1-5H3,(H,19,25,26). The highest BCUT2D eigenvalue weighted by Gasteiger charge is 2.23. The van der Waals surface area contributed by atoms with E-state index in [2.05, 4.69) is 10.1 Å². The molecule has 0 bridgehead atoms. The predicted octanol–water partition coefficient (Wildman–Crippen LogP) is 0.475. The third kappa shape index (κ3) is 3.56. The van der Waals surface area contributed by atoms with Gasteiger partial charge in [-0.25, -0.2) is 4.79 Å². The third-order valence-corrected chi connectivity index (χ3v) is 4.65. The van der Waals surface area contributed by atoms with E-state index < -0.39 is 11.2 Å². The van der Waals surface area contributed by atoms with Gasteiger partial charge in [-0.2, -0.15) is 5.10 Å². The number of nitrogens with two attached hydrogens (primary N) is 1. The number of carbonyl (C=O) groups is 1. The van der Waals surface area contributed by atoms with Crippen molar-refractivity contribution in [1.29, 1.82) is 0 Å². The van der Waals surface area contributed by atoms with E-state index in [1.165, 1.54) is 16.5 Å². The van der Waals surface area contributed by atoms with Crippen LogP contribution in [0, 0.1) is 13.8 Å². The number of nitrogens with one attached hydrogen (secondary N) is 1. The number of likely N-dealkylation sites (N-methyl/N-ethyl adjacent to an activating group) is 1. The van der Waals surface area contributed by atoms with Crippen LogP contribution < -0.4 is 21.9 Å². The van der Waals surface area contributed by atoms with Crippen LogP contribution in [0.15, 0.2) is 9.59 Å². The van der Waals surface area contributed by atoms with E-state index in [0.29, 0.717) is 6.54 Å². The minimum absolute atomic E-state index is 0.00248. The summed E-state index contributed by atoms with van der Waals surface area (Å²) in [6, 6.07) is 0. The topological polar surface area (TPSA) is 119 Å². The summed E-state index contributed by atoms with van der Waals surface area (Å²) in [6.45, 7) is 6.09. The number of nitrogen functional groups attached to an aromatic ring is 1. The molecule has 0 aromatic carbocycles. The molecule has 0 aliphatic carbocycles. The van der Waals surface area contributed by atoms with Crippen LogP contribution in [0.4, 0.5) is 11.5 Å². The van der Waals surface area contributed by atoms with Crippen molar-refractivity contribution in [3.05, 3.63) is 37.8 Å². The molecule has 0 spiro atoms. The number of carbonyl (C=O) groups excluding carboxylic acids is 1. The Morgan fingerprint density at radius 3 is 2.50 bits per heavy atom. The second kappa shape index (κ2) is 7.59. The van der Waals surface area contributed by atoms with E-state index in [1.54, 1.807) is 4.68 Å². The number of hydrogen-bond acceptors (Lipinski definition) is 5. The van der Waals surface area contributed by atoms with Crippen LogP contribution in [-0.2, 0) is 24.8 Å². The van der Waals surface area contributed by atoms with Gasteiger partial charge in [0.15, 0.2) is 5.69 Å². The molecule has 0 saturated carbocycles. The minimum atomic E-state index is -0.671. The molecule has 2 aromatic heterocycles. The zero-order valence-electron chi connectivity index (χ0n) is 15.9. The van der Waals surface area contributed by atoms with E-state index in [4.69, 9.17) is 5.73 Å². The summed E-state index contributed by atoms with van der Waals surface area (Å²) in [5.74, 6) is -0.301. The second-order valence-electron chi connectivity index (χ2n) is 6.40. The van der Waals surface area contributed by atoms with Crippen LogP contribution in [0.1, 0.15) is 36.7 Å². The lowest BCUT2D eigenvalue weighted by Gasteiger charge is -2.20. The molecule has 0 atom stereocenters. The van der Waals surface area contributed by atoms with Gasteiger partial charge in [-0.3, -0.25) is 23.8 Å². The third-order valence-electron chi connectivity index (χ3n) is 4.65.